The van der Waals surface area contributed by atoms with E-state index in [0.29, 0.717) is 37.9 Å². The fraction of sp³-hybridized carbons (Fsp3) is 0.370. The Morgan fingerprint density at radius 2 is 1.11 bits per heavy atom. The van der Waals surface area contributed by atoms with Crippen LogP contribution in [0.4, 0.5) is 4.39 Å². The van der Waals surface area contributed by atoms with Gasteiger partial charge >= 0.3 is 25.7 Å². The number of nitrogens with zero attached hydrogens (tertiary/aromatic N) is 1. The van der Waals surface area contributed by atoms with Crippen LogP contribution in [0.1, 0.15) is 92.0 Å². The van der Waals surface area contributed by atoms with E-state index in [9.17, 15) is 32.9 Å². The van der Waals surface area contributed by atoms with Gasteiger partial charge in [-0.3, -0.25) is 28.2 Å². The van der Waals surface area contributed by atoms with Crippen LogP contribution in [0.5, 0.6) is 0 Å². The highest BCUT2D eigenvalue weighted by atomic mass is 35.5. The Morgan fingerprint density at radius 3 is 1.70 bits per heavy atom. The van der Waals surface area contributed by atoms with E-state index in [-0.39, 0.29) is 88.5 Å². The van der Waals surface area contributed by atoms with Gasteiger partial charge in [-0.25, -0.2) is 19.4 Å². The van der Waals surface area contributed by atoms with Crippen molar-refractivity contribution in [2.75, 3.05) is 19.7 Å². The number of hydrogen-bond acceptors (Lipinski definition) is 13. The van der Waals surface area contributed by atoms with Gasteiger partial charge in [0.05, 0.1) is 18.2 Å². The zero-order valence-electron chi connectivity index (χ0n) is 40.7. The van der Waals surface area contributed by atoms with E-state index in [1.54, 1.807) is 48.5 Å². The summed E-state index contributed by atoms with van der Waals surface area (Å²) in [6, 6.07) is 35.4. The van der Waals surface area contributed by atoms with E-state index in [1.165, 1.54) is 12.3 Å². The summed E-state index contributed by atoms with van der Waals surface area (Å²) in [6.45, 7) is 1.08. The van der Waals surface area contributed by atoms with E-state index in [4.69, 9.17) is 34.9 Å². The summed E-state index contributed by atoms with van der Waals surface area (Å²) >= 11 is 5.80. The number of nitrogens with one attached hydrogen (secondary N) is 4. The van der Waals surface area contributed by atoms with Crippen LogP contribution < -0.4 is 21.0 Å². The lowest BCUT2D eigenvalue weighted by atomic mass is 10.1. The Balaban J connectivity index is 1.09. The fourth-order valence-corrected chi connectivity index (χ4v) is 8.74. The molecule has 73 heavy (non-hydrogen) atoms. The van der Waals surface area contributed by atoms with Crippen molar-refractivity contribution < 1.29 is 56.2 Å². The van der Waals surface area contributed by atoms with Gasteiger partial charge in [0.25, 0.3) is 0 Å². The van der Waals surface area contributed by atoms with E-state index in [0.717, 1.165) is 35.1 Å². The molecule has 0 saturated heterocycles. The number of benzene rings is 4. The lowest BCUT2D eigenvalue weighted by Crippen LogP contribution is -2.42. The minimum absolute atomic E-state index is 0.00390. The van der Waals surface area contributed by atoms with Gasteiger partial charge < -0.3 is 30.2 Å². The molecule has 16 nitrogen and oxygen atoms in total. The van der Waals surface area contributed by atoms with Crippen molar-refractivity contribution in [3.8, 4) is 0 Å². The van der Waals surface area contributed by atoms with Crippen molar-refractivity contribution in [3.05, 3.63) is 172 Å². The third-order valence-electron chi connectivity index (χ3n) is 11.0. The number of aromatic nitrogens is 1. The summed E-state index contributed by atoms with van der Waals surface area (Å²) in [6.07, 6.45) is 3.91. The molecule has 2 amide bonds. The van der Waals surface area contributed by atoms with Crippen molar-refractivity contribution in [1.29, 1.82) is 0 Å². The number of esters is 3. The molecular formula is C54H64ClFN5O11P. The molecule has 3 unspecified atom stereocenters. The molecule has 0 spiro atoms. The second-order valence-corrected chi connectivity index (χ2v) is 19.1. The highest BCUT2D eigenvalue weighted by Crippen LogP contribution is 2.46. The smallest absolute Gasteiger partial charge is 0.406 e. The average molecular weight is 1040 g/mol. The molecule has 4 aromatic carbocycles. The third-order valence-corrected chi connectivity index (χ3v) is 12.9. The molecule has 1 aromatic heterocycles. The molecule has 0 aliphatic rings. The number of rotatable bonds is 34. The molecule has 0 radical (unpaired) electrons. The molecule has 0 aliphatic carbocycles. The van der Waals surface area contributed by atoms with Gasteiger partial charge in [0.2, 0.25) is 17.8 Å². The van der Waals surface area contributed by atoms with Gasteiger partial charge in [-0.2, -0.15) is 4.39 Å². The minimum Gasteiger partial charge on any atom is -0.461 e. The maximum absolute atomic E-state index is 14.4. The Morgan fingerprint density at radius 1 is 0.575 bits per heavy atom. The number of hydrogen-bond donors (Lipinski definition) is 4. The van der Waals surface area contributed by atoms with Gasteiger partial charge in [0.1, 0.15) is 31.9 Å². The number of halogens is 2. The molecule has 5 rings (SSSR count). The number of pyridine rings is 1. The minimum atomic E-state index is -4.26. The predicted molar refractivity (Wildman–Crippen MR) is 272 cm³/mol. The molecule has 390 valence electrons. The topological polar surface area (TPSA) is 210 Å². The Hall–Kier alpha value is -6.33. The monoisotopic (exact) mass is 1040 g/mol. The molecule has 0 fully saturated rings. The van der Waals surface area contributed by atoms with Crippen LogP contribution in [0.2, 0.25) is 5.02 Å². The first-order valence-corrected chi connectivity index (χ1v) is 26.2. The molecule has 3 atom stereocenters. The zero-order valence-corrected chi connectivity index (χ0v) is 42.4. The van der Waals surface area contributed by atoms with E-state index >= 15 is 0 Å². The number of amides is 2. The van der Waals surface area contributed by atoms with E-state index in [1.807, 2.05) is 72.8 Å². The second-order valence-electron chi connectivity index (χ2n) is 17.0. The van der Waals surface area contributed by atoms with Crippen molar-refractivity contribution in [1.82, 2.24) is 26.0 Å². The summed E-state index contributed by atoms with van der Waals surface area (Å²) in [4.78, 5) is 69.3. The van der Waals surface area contributed by atoms with Crippen LogP contribution in [0.3, 0.4) is 0 Å². The van der Waals surface area contributed by atoms with Crippen LogP contribution in [-0.4, -0.2) is 66.5 Å². The Kier molecular flexibility index (Phi) is 25.8. The SMILES string of the molecule is O=C(CCC(NC(=O)CCCCCNCc1cnc(F)c(Cl)c1)C(=O)OCc1ccccc1)NCCCCOP(=O)(NC(CCC(=O)OCc1ccccc1)C(=O)OCc1ccccc1)OCc1ccccc1. The predicted octanol–water partition coefficient (Wildman–Crippen LogP) is 9.00. The van der Waals surface area contributed by atoms with Crippen LogP contribution in [0.15, 0.2) is 134 Å². The van der Waals surface area contributed by atoms with Crippen molar-refractivity contribution in [2.24, 2.45) is 0 Å². The number of ether oxygens (including phenoxy) is 3. The summed E-state index contributed by atoms with van der Waals surface area (Å²) in [7, 11) is -4.26. The molecule has 0 bridgehead atoms. The van der Waals surface area contributed by atoms with Crippen molar-refractivity contribution in [3.63, 3.8) is 0 Å². The molecule has 1 heterocycles. The fourth-order valence-electron chi connectivity index (χ4n) is 7.02. The highest BCUT2D eigenvalue weighted by Gasteiger charge is 2.34. The summed E-state index contributed by atoms with van der Waals surface area (Å²) in [5.74, 6) is -3.44. The molecule has 19 heteroatoms. The molecular weight excluding hydrogens is 980 g/mol. The van der Waals surface area contributed by atoms with E-state index < -0.39 is 43.7 Å². The maximum Gasteiger partial charge on any atom is 0.406 e. The number of unbranched alkanes of at least 4 members (excludes halogenated alkanes) is 3. The standard InChI is InChI=1S/C54H64ClFN5O11P/c55-46-34-45(36-59-52(46)56)35-57-31-15-5-14-26-50(63)60-47(53(65)69-38-42-20-8-2-9-21-42)27-29-49(62)58-32-16-17-33-71-73(67,72-40-44-24-12-4-13-25-44)61-48(54(66)70-39-43-22-10-3-11-23-43)28-30-51(64)68-37-41-18-6-1-7-19-41/h1-4,6-13,18-25,34,36,47-48,57H,5,14-17,26-33,35,37-40H2,(H,58,62)(H,60,63)(H,61,67). The largest absolute Gasteiger partial charge is 0.461 e. The first-order valence-electron chi connectivity index (χ1n) is 24.3. The molecule has 0 saturated carbocycles. The zero-order chi connectivity index (χ0) is 51.9. The first-order chi connectivity index (χ1) is 35.4. The third kappa shape index (κ3) is 23.4. The Labute approximate surface area is 431 Å². The lowest BCUT2D eigenvalue weighted by molar-refractivity contribution is -0.150. The van der Waals surface area contributed by atoms with Crippen LogP contribution in [0, 0.1) is 5.95 Å². The van der Waals surface area contributed by atoms with Gasteiger partial charge in [-0.15, -0.1) is 0 Å². The molecule has 5 aromatic rings. The Bertz CT molecular complexity index is 2500. The maximum atomic E-state index is 14.4. The quantitative estimate of drug-likeness (QED) is 0.00997. The summed E-state index contributed by atoms with van der Waals surface area (Å²) < 4.78 is 56.0. The lowest BCUT2D eigenvalue weighted by Gasteiger charge is -2.24. The van der Waals surface area contributed by atoms with Crippen molar-refractivity contribution in [2.45, 2.75) is 109 Å². The van der Waals surface area contributed by atoms with Gasteiger partial charge in [-0.05, 0) is 79.0 Å². The van der Waals surface area contributed by atoms with E-state index in [2.05, 4.69) is 26.0 Å². The average Bonchev–Trinajstić information content (AvgIpc) is 3.41. The normalized spacial score (nSPS) is 12.7. The number of carbonyl (C=O) groups excluding carboxylic acids is 5. The van der Waals surface area contributed by atoms with Gasteiger partial charge in [0.15, 0.2) is 0 Å². The van der Waals surface area contributed by atoms with Gasteiger partial charge in [-0.1, -0.05) is 139 Å². The summed E-state index contributed by atoms with van der Waals surface area (Å²) in [5, 5.41) is 11.5. The van der Waals surface area contributed by atoms with Crippen LogP contribution in [-0.2, 0) is 84.8 Å². The van der Waals surface area contributed by atoms with Crippen LogP contribution >= 0.6 is 19.3 Å². The number of carbonyl (C=O) groups is 5. The highest BCUT2D eigenvalue weighted by molar-refractivity contribution is 7.51. The van der Waals surface area contributed by atoms with Gasteiger partial charge in [0, 0.05) is 38.5 Å². The first kappa shape index (κ1) is 57.6. The van der Waals surface area contributed by atoms with Crippen LogP contribution in [0.25, 0.3) is 0 Å². The molecule has 4 N–H and O–H groups in total. The van der Waals surface area contributed by atoms with Crippen molar-refractivity contribution >= 4 is 49.1 Å². The second kappa shape index (κ2) is 32.7. The summed E-state index contributed by atoms with van der Waals surface area (Å²) in [5.41, 5.74) is 3.73. The molecule has 0 aliphatic heterocycles.